The fraction of sp³-hybridized carbons (Fsp3) is 0.231. The number of nitrogens with zero attached hydrogens (tertiary/aromatic N) is 2. The van der Waals surface area contributed by atoms with E-state index >= 15 is 0 Å². The van der Waals surface area contributed by atoms with Gasteiger partial charge in [-0.2, -0.15) is 0 Å². The van der Waals surface area contributed by atoms with E-state index < -0.39 is 5.60 Å². The number of rotatable bonds is 5. The SMILES string of the molecule is NCC(O)(CSc1ccncn1)c1ccccc1. The summed E-state index contributed by atoms with van der Waals surface area (Å²) in [5.41, 5.74) is 5.50. The zero-order valence-corrected chi connectivity index (χ0v) is 10.7. The highest BCUT2D eigenvalue weighted by Gasteiger charge is 2.27. The highest BCUT2D eigenvalue weighted by molar-refractivity contribution is 7.99. The van der Waals surface area contributed by atoms with Gasteiger partial charge < -0.3 is 10.8 Å². The molecule has 0 saturated carbocycles. The first-order valence-corrected chi connectivity index (χ1v) is 6.60. The van der Waals surface area contributed by atoms with E-state index in [1.54, 1.807) is 6.20 Å². The number of aliphatic hydroxyl groups is 1. The van der Waals surface area contributed by atoms with Gasteiger partial charge in [-0.25, -0.2) is 9.97 Å². The fourth-order valence-corrected chi connectivity index (χ4v) is 2.52. The average molecular weight is 261 g/mol. The van der Waals surface area contributed by atoms with E-state index in [1.165, 1.54) is 18.1 Å². The van der Waals surface area contributed by atoms with Crippen molar-refractivity contribution in [3.8, 4) is 0 Å². The van der Waals surface area contributed by atoms with Gasteiger partial charge in [0.1, 0.15) is 11.9 Å². The molecule has 0 spiro atoms. The minimum atomic E-state index is -1.03. The zero-order chi connectivity index (χ0) is 12.8. The van der Waals surface area contributed by atoms with Crippen molar-refractivity contribution in [2.45, 2.75) is 10.6 Å². The van der Waals surface area contributed by atoms with Crippen LogP contribution in [-0.2, 0) is 5.60 Å². The van der Waals surface area contributed by atoms with Crippen LogP contribution in [0.1, 0.15) is 5.56 Å². The molecule has 18 heavy (non-hydrogen) atoms. The minimum absolute atomic E-state index is 0.176. The highest BCUT2D eigenvalue weighted by atomic mass is 32.2. The van der Waals surface area contributed by atoms with Gasteiger partial charge in [0.15, 0.2) is 0 Å². The molecule has 5 heteroatoms. The molecule has 1 aromatic heterocycles. The Morgan fingerprint density at radius 1 is 1.22 bits per heavy atom. The predicted octanol–water partition coefficient (Wildman–Crippen LogP) is 1.42. The number of aromatic nitrogens is 2. The molecule has 94 valence electrons. The van der Waals surface area contributed by atoms with Gasteiger partial charge >= 0.3 is 0 Å². The van der Waals surface area contributed by atoms with Crippen LogP contribution in [0.3, 0.4) is 0 Å². The maximum absolute atomic E-state index is 10.6. The van der Waals surface area contributed by atoms with Gasteiger partial charge in [-0.05, 0) is 11.6 Å². The normalized spacial score (nSPS) is 14.1. The van der Waals surface area contributed by atoms with Gasteiger partial charge in [-0.1, -0.05) is 30.3 Å². The van der Waals surface area contributed by atoms with E-state index in [0.29, 0.717) is 5.75 Å². The van der Waals surface area contributed by atoms with Crippen LogP contribution in [0.2, 0.25) is 0 Å². The Morgan fingerprint density at radius 2 is 2.00 bits per heavy atom. The smallest absolute Gasteiger partial charge is 0.116 e. The van der Waals surface area contributed by atoms with Gasteiger partial charge in [0, 0.05) is 18.5 Å². The van der Waals surface area contributed by atoms with E-state index in [-0.39, 0.29) is 6.54 Å². The Bertz CT molecular complexity index is 480. The second-order valence-corrected chi connectivity index (χ2v) is 4.93. The van der Waals surface area contributed by atoms with Gasteiger partial charge in [-0.3, -0.25) is 0 Å². The zero-order valence-electron chi connectivity index (χ0n) is 9.86. The van der Waals surface area contributed by atoms with Crippen molar-refractivity contribution >= 4 is 11.8 Å². The molecule has 0 aliphatic heterocycles. The van der Waals surface area contributed by atoms with Crippen molar-refractivity contribution in [2.75, 3.05) is 12.3 Å². The van der Waals surface area contributed by atoms with Gasteiger partial charge in [0.25, 0.3) is 0 Å². The summed E-state index contributed by atoms with van der Waals surface area (Å²) in [5, 5.41) is 11.4. The van der Waals surface area contributed by atoms with Gasteiger partial charge in [0.05, 0.1) is 5.03 Å². The summed E-state index contributed by atoms with van der Waals surface area (Å²) in [6.45, 7) is 0.176. The second kappa shape index (κ2) is 5.95. The third-order valence-corrected chi connectivity index (χ3v) is 3.82. The van der Waals surface area contributed by atoms with E-state index in [9.17, 15) is 5.11 Å². The summed E-state index contributed by atoms with van der Waals surface area (Å²) < 4.78 is 0. The van der Waals surface area contributed by atoms with Crippen LogP contribution in [0.25, 0.3) is 0 Å². The number of hydrogen-bond donors (Lipinski definition) is 2. The van der Waals surface area contributed by atoms with Crippen LogP contribution < -0.4 is 5.73 Å². The standard InChI is InChI=1S/C13H15N3OS/c14-8-13(17,11-4-2-1-3-5-11)9-18-12-6-7-15-10-16-12/h1-7,10,17H,8-9,14H2. The molecule has 2 rings (SSSR count). The quantitative estimate of drug-likeness (QED) is 0.629. The number of thioether (sulfide) groups is 1. The van der Waals surface area contributed by atoms with Crippen LogP contribution in [0.4, 0.5) is 0 Å². The molecular formula is C13H15N3OS. The van der Waals surface area contributed by atoms with Crippen LogP contribution >= 0.6 is 11.8 Å². The van der Waals surface area contributed by atoms with Crippen molar-refractivity contribution < 1.29 is 5.11 Å². The molecule has 1 atom stereocenters. The first-order valence-electron chi connectivity index (χ1n) is 5.61. The van der Waals surface area contributed by atoms with Crippen LogP contribution in [0.15, 0.2) is 53.9 Å². The molecule has 3 N–H and O–H groups in total. The molecule has 2 aromatic rings. The van der Waals surface area contributed by atoms with E-state index in [0.717, 1.165) is 10.6 Å². The summed E-state index contributed by atoms with van der Waals surface area (Å²) in [6.07, 6.45) is 3.17. The second-order valence-electron chi connectivity index (χ2n) is 3.94. The number of benzene rings is 1. The van der Waals surface area contributed by atoms with Crippen LogP contribution in [0, 0.1) is 0 Å². The molecule has 0 aliphatic carbocycles. The van der Waals surface area contributed by atoms with Crippen molar-refractivity contribution in [3.63, 3.8) is 0 Å². The first kappa shape index (κ1) is 13.0. The minimum Gasteiger partial charge on any atom is -0.383 e. The van der Waals surface area contributed by atoms with Crippen molar-refractivity contribution in [2.24, 2.45) is 5.73 Å². The van der Waals surface area contributed by atoms with Crippen LogP contribution in [0.5, 0.6) is 0 Å². The lowest BCUT2D eigenvalue weighted by Gasteiger charge is -2.26. The summed E-state index contributed by atoms with van der Waals surface area (Å²) in [6, 6.07) is 11.3. The van der Waals surface area contributed by atoms with Crippen molar-refractivity contribution in [1.82, 2.24) is 9.97 Å². The lowest BCUT2D eigenvalue weighted by molar-refractivity contribution is 0.0721. The Labute approximate surface area is 110 Å². The summed E-state index contributed by atoms with van der Waals surface area (Å²) >= 11 is 1.47. The average Bonchev–Trinajstić information content (AvgIpc) is 2.47. The monoisotopic (exact) mass is 261 g/mol. The third-order valence-electron chi connectivity index (χ3n) is 2.66. The molecule has 0 fully saturated rings. The maximum atomic E-state index is 10.6. The molecule has 4 nitrogen and oxygen atoms in total. The number of hydrogen-bond acceptors (Lipinski definition) is 5. The summed E-state index contributed by atoms with van der Waals surface area (Å²) in [5.74, 6) is 0.463. The Kier molecular flexibility index (Phi) is 4.30. The largest absolute Gasteiger partial charge is 0.383 e. The fourth-order valence-electron chi connectivity index (χ4n) is 1.57. The summed E-state index contributed by atoms with van der Waals surface area (Å²) in [7, 11) is 0. The Balaban J connectivity index is 2.10. The molecule has 0 amide bonds. The molecular weight excluding hydrogens is 246 g/mol. The van der Waals surface area contributed by atoms with Crippen molar-refractivity contribution in [3.05, 3.63) is 54.5 Å². The Hall–Kier alpha value is -1.43. The van der Waals surface area contributed by atoms with Crippen LogP contribution in [-0.4, -0.2) is 27.4 Å². The summed E-state index contributed by atoms with van der Waals surface area (Å²) in [4.78, 5) is 7.97. The van der Waals surface area contributed by atoms with E-state index in [2.05, 4.69) is 9.97 Å². The molecule has 0 radical (unpaired) electrons. The molecule has 0 saturated heterocycles. The van der Waals surface area contributed by atoms with Gasteiger partial charge in [0.2, 0.25) is 0 Å². The third kappa shape index (κ3) is 3.07. The molecule has 1 heterocycles. The first-order chi connectivity index (χ1) is 8.74. The molecule has 0 aliphatic rings. The van der Waals surface area contributed by atoms with Crippen molar-refractivity contribution in [1.29, 1.82) is 0 Å². The maximum Gasteiger partial charge on any atom is 0.116 e. The molecule has 1 unspecified atom stereocenters. The lowest BCUT2D eigenvalue weighted by atomic mass is 9.96. The predicted molar refractivity (Wildman–Crippen MR) is 72.1 cm³/mol. The highest BCUT2D eigenvalue weighted by Crippen LogP contribution is 2.27. The van der Waals surface area contributed by atoms with Gasteiger partial charge in [-0.15, -0.1) is 11.8 Å². The lowest BCUT2D eigenvalue weighted by Crippen LogP contribution is -2.37. The molecule has 0 bridgehead atoms. The van der Waals surface area contributed by atoms with E-state index in [1.807, 2.05) is 36.4 Å². The topological polar surface area (TPSA) is 72.0 Å². The number of nitrogens with two attached hydrogens (primary N) is 1. The molecule has 1 aromatic carbocycles. The Morgan fingerprint density at radius 3 is 2.61 bits per heavy atom. The van der Waals surface area contributed by atoms with E-state index in [4.69, 9.17) is 5.73 Å².